The fraction of sp³-hybridized carbons (Fsp3) is 0.533. The zero-order valence-electron chi connectivity index (χ0n) is 12.7. The molecule has 2 N–H and O–H groups in total. The Kier molecular flexibility index (Phi) is 8.86. The van der Waals surface area contributed by atoms with Gasteiger partial charge in [-0.05, 0) is 43.2 Å². The number of nitrogens with one attached hydrogen (secondary N) is 2. The van der Waals surface area contributed by atoms with E-state index in [-0.39, 0.29) is 29.0 Å². The lowest BCUT2D eigenvalue weighted by atomic mass is 10.2. The summed E-state index contributed by atoms with van der Waals surface area (Å²) in [5, 5.41) is 7.58. The average Bonchev–Trinajstić information content (AvgIpc) is 2.94. The summed E-state index contributed by atoms with van der Waals surface area (Å²) in [6.07, 6.45) is 5.76. The highest BCUT2D eigenvalue weighted by Gasteiger charge is 2.24. The van der Waals surface area contributed by atoms with Gasteiger partial charge in [0.25, 0.3) is 0 Å². The van der Waals surface area contributed by atoms with Crippen LogP contribution in [0.25, 0.3) is 0 Å². The Morgan fingerprint density at radius 1 is 1.45 bits per heavy atom. The van der Waals surface area contributed by atoms with Gasteiger partial charge in [0, 0.05) is 24.9 Å². The molecule has 0 saturated heterocycles. The van der Waals surface area contributed by atoms with Crippen molar-refractivity contribution >= 4 is 53.3 Å². The van der Waals surface area contributed by atoms with Gasteiger partial charge in [-0.2, -0.15) is 11.8 Å². The fourth-order valence-corrected chi connectivity index (χ4v) is 3.51. The van der Waals surface area contributed by atoms with Crippen LogP contribution in [0.5, 0.6) is 0 Å². The zero-order chi connectivity index (χ0) is 15.2. The van der Waals surface area contributed by atoms with Crippen molar-refractivity contribution in [3.63, 3.8) is 0 Å². The maximum absolute atomic E-state index is 13.1. The SMILES string of the molecule is CN=C(NCc1ccc(F)c(Cl)c1)NC1CCC(SC)C1.I. The molecule has 0 radical (unpaired) electrons. The van der Waals surface area contributed by atoms with Gasteiger partial charge in [0.05, 0.1) is 5.02 Å². The van der Waals surface area contributed by atoms with Crippen molar-refractivity contribution in [1.29, 1.82) is 0 Å². The Bertz CT molecular complexity index is 516. The third-order valence-corrected chi connectivity index (χ3v) is 5.11. The molecule has 1 aromatic rings. The lowest BCUT2D eigenvalue weighted by molar-refractivity contribution is 0.614. The second-order valence-electron chi connectivity index (χ2n) is 5.19. The normalized spacial score (nSPS) is 21.4. The van der Waals surface area contributed by atoms with Crippen molar-refractivity contribution in [3.05, 3.63) is 34.6 Å². The van der Waals surface area contributed by atoms with E-state index in [9.17, 15) is 4.39 Å². The Morgan fingerprint density at radius 3 is 2.82 bits per heavy atom. The van der Waals surface area contributed by atoms with Crippen LogP contribution in [0.3, 0.4) is 0 Å². The van der Waals surface area contributed by atoms with E-state index in [2.05, 4.69) is 21.9 Å². The molecule has 2 atom stereocenters. The molecule has 0 bridgehead atoms. The van der Waals surface area contributed by atoms with Gasteiger partial charge in [0.15, 0.2) is 5.96 Å². The Labute approximate surface area is 157 Å². The molecule has 1 aliphatic rings. The highest BCUT2D eigenvalue weighted by molar-refractivity contribution is 14.0. The summed E-state index contributed by atoms with van der Waals surface area (Å²) in [4.78, 5) is 4.24. The highest BCUT2D eigenvalue weighted by Crippen LogP contribution is 2.28. The summed E-state index contributed by atoms with van der Waals surface area (Å²) in [6, 6.07) is 5.22. The second-order valence-corrected chi connectivity index (χ2v) is 6.73. The average molecular weight is 458 g/mol. The van der Waals surface area contributed by atoms with Gasteiger partial charge in [-0.15, -0.1) is 24.0 Å². The maximum Gasteiger partial charge on any atom is 0.191 e. The van der Waals surface area contributed by atoms with Crippen LogP contribution < -0.4 is 10.6 Å². The minimum Gasteiger partial charge on any atom is -0.354 e. The summed E-state index contributed by atoms with van der Waals surface area (Å²) in [7, 11) is 1.76. The minimum absolute atomic E-state index is 0. The minimum atomic E-state index is -0.392. The molecule has 3 nitrogen and oxygen atoms in total. The van der Waals surface area contributed by atoms with Crippen molar-refractivity contribution < 1.29 is 4.39 Å². The van der Waals surface area contributed by atoms with E-state index < -0.39 is 5.82 Å². The Morgan fingerprint density at radius 2 is 2.23 bits per heavy atom. The molecule has 22 heavy (non-hydrogen) atoms. The van der Waals surface area contributed by atoms with Crippen molar-refractivity contribution in [1.82, 2.24) is 10.6 Å². The number of nitrogens with zero attached hydrogens (tertiary/aromatic N) is 1. The molecule has 2 rings (SSSR count). The topological polar surface area (TPSA) is 36.4 Å². The lowest BCUT2D eigenvalue weighted by Gasteiger charge is -2.17. The number of halogens is 3. The van der Waals surface area contributed by atoms with Gasteiger partial charge in [-0.25, -0.2) is 4.39 Å². The Hall–Kier alpha value is -0.210. The number of hydrogen-bond donors (Lipinski definition) is 2. The maximum atomic E-state index is 13.1. The van der Waals surface area contributed by atoms with Gasteiger partial charge in [0.1, 0.15) is 5.82 Å². The number of thioether (sulfide) groups is 1. The molecule has 7 heteroatoms. The second kappa shape index (κ2) is 9.82. The fourth-order valence-electron chi connectivity index (χ4n) is 2.51. The number of hydrogen-bond acceptors (Lipinski definition) is 2. The van der Waals surface area contributed by atoms with Crippen molar-refractivity contribution in [2.45, 2.75) is 37.1 Å². The first kappa shape index (κ1) is 19.8. The molecule has 2 unspecified atom stereocenters. The lowest BCUT2D eigenvalue weighted by Crippen LogP contribution is -2.42. The number of rotatable bonds is 4. The molecular formula is C15H22ClFIN3S. The van der Waals surface area contributed by atoms with E-state index >= 15 is 0 Å². The summed E-state index contributed by atoms with van der Waals surface area (Å²) in [5.74, 6) is 0.388. The van der Waals surface area contributed by atoms with Crippen LogP contribution in [0, 0.1) is 5.82 Å². The largest absolute Gasteiger partial charge is 0.354 e. The smallest absolute Gasteiger partial charge is 0.191 e. The molecule has 1 saturated carbocycles. The van der Waals surface area contributed by atoms with Crippen LogP contribution in [0.2, 0.25) is 5.02 Å². The van der Waals surface area contributed by atoms with E-state index in [0.29, 0.717) is 12.6 Å². The van der Waals surface area contributed by atoms with Crippen molar-refractivity contribution in [2.75, 3.05) is 13.3 Å². The van der Waals surface area contributed by atoms with Gasteiger partial charge in [-0.3, -0.25) is 4.99 Å². The van der Waals surface area contributed by atoms with Gasteiger partial charge in [0.2, 0.25) is 0 Å². The summed E-state index contributed by atoms with van der Waals surface area (Å²) >= 11 is 7.72. The first-order chi connectivity index (χ1) is 10.1. The molecule has 0 aliphatic heterocycles. The summed E-state index contributed by atoms with van der Waals surface area (Å²) in [6.45, 7) is 0.568. The molecule has 0 aromatic heterocycles. The number of guanidine groups is 1. The number of aliphatic imine (C=N–C) groups is 1. The predicted molar refractivity (Wildman–Crippen MR) is 105 cm³/mol. The molecular weight excluding hydrogens is 436 g/mol. The van der Waals surface area contributed by atoms with Gasteiger partial charge >= 0.3 is 0 Å². The molecule has 0 spiro atoms. The van der Waals surface area contributed by atoms with Crippen molar-refractivity contribution in [3.8, 4) is 0 Å². The molecule has 1 fully saturated rings. The zero-order valence-corrected chi connectivity index (χ0v) is 16.6. The van der Waals surface area contributed by atoms with Crippen LogP contribution >= 0.6 is 47.3 Å². The first-order valence-corrected chi connectivity index (χ1v) is 8.73. The number of benzene rings is 1. The first-order valence-electron chi connectivity index (χ1n) is 7.06. The standard InChI is InChI=1S/C15H21ClFN3S.HI/c1-18-15(20-11-4-5-12(8-11)21-2)19-9-10-3-6-14(17)13(16)7-10;/h3,6-7,11-12H,4-5,8-9H2,1-2H3,(H2,18,19,20);1H. The quantitative estimate of drug-likeness (QED) is 0.407. The van der Waals surface area contributed by atoms with Crippen LogP contribution in [0.1, 0.15) is 24.8 Å². The van der Waals surface area contributed by atoms with Gasteiger partial charge < -0.3 is 10.6 Å². The monoisotopic (exact) mass is 457 g/mol. The van der Waals surface area contributed by atoms with Crippen LogP contribution in [-0.4, -0.2) is 30.6 Å². The molecule has 1 aromatic carbocycles. The third-order valence-electron chi connectivity index (χ3n) is 3.73. The molecule has 1 aliphatic carbocycles. The molecule has 124 valence electrons. The molecule has 0 amide bonds. The summed E-state index contributed by atoms with van der Waals surface area (Å²) < 4.78 is 13.1. The summed E-state index contributed by atoms with van der Waals surface area (Å²) in [5.41, 5.74) is 0.928. The van der Waals surface area contributed by atoms with E-state index in [1.165, 1.54) is 25.3 Å². The van der Waals surface area contributed by atoms with Gasteiger partial charge in [-0.1, -0.05) is 17.7 Å². The van der Waals surface area contributed by atoms with Crippen LogP contribution in [0.15, 0.2) is 23.2 Å². The predicted octanol–water partition coefficient (Wildman–Crippen LogP) is 4.05. The Balaban J connectivity index is 0.00000242. The third kappa shape index (κ3) is 5.77. The highest BCUT2D eigenvalue weighted by atomic mass is 127. The van der Waals surface area contributed by atoms with E-state index in [1.807, 2.05) is 11.8 Å². The molecule has 0 heterocycles. The van der Waals surface area contributed by atoms with Crippen molar-refractivity contribution in [2.24, 2.45) is 4.99 Å². The van der Waals surface area contributed by atoms with Crippen LogP contribution in [0.4, 0.5) is 4.39 Å². The van der Waals surface area contributed by atoms with E-state index in [4.69, 9.17) is 11.6 Å². The van der Waals surface area contributed by atoms with E-state index in [0.717, 1.165) is 16.8 Å². The van der Waals surface area contributed by atoms with E-state index in [1.54, 1.807) is 19.2 Å². The van der Waals surface area contributed by atoms with Crippen LogP contribution in [-0.2, 0) is 6.54 Å².